The number of benzene rings is 2. The summed E-state index contributed by atoms with van der Waals surface area (Å²) in [6.45, 7) is 0. The van der Waals surface area contributed by atoms with Gasteiger partial charge in [-0.05, 0) is 24.3 Å². The number of alkyl halides is 3. The van der Waals surface area contributed by atoms with E-state index < -0.39 is 57.0 Å². The maximum Gasteiger partial charge on any atom is 0.417 e. The standard InChI is InChI=1S/C13H10ClF3N2O4S2/c14-8-6-12(7(5-9(8)18)13(15,16)17)24(20,21)10-3-1-2-4-11(10)25(19,22)23/h1-6H,18H2,(H2,19,22,23). The molecule has 136 valence electrons. The van der Waals surface area contributed by atoms with Crippen molar-refractivity contribution in [2.75, 3.05) is 5.73 Å². The summed E-state index contributed by atoms with van der Waals surface area (Å²) in [5, 5.41) is 4.52. The minimum absolute atomic E-state index is 0.370. The summed E-state index contributed by atoms with van der Waals surface area (Å²) in [5.41, 5.74) is 3.27. The summed E-state index contributed by atoms with van der Waals surface area (Å²) in [6, 6.07) is 4.92. The van der Waals surface area contributed by atoms with Crippen molar-refractivity contribution in [3.63, 3.8) is 0 Å². The number of nitrogens with two attached hydrogens (primary N) is 2. The number of sulfonamides is 1. The van der Waals surface area contributed by atoms with E-state index in [1.54, 1.807) is 0 Å². The highest BCUT2D eigenvalue weighted by Crippen LogP contribution is 2.40. The van der Waals surface area contributed by atoms with Gasteiger partial charge in [-0.25, -0.2) is 22.0 Å². The number of nitrogen functional groups attached to an aromatic ring is 1. The molecule has 0 aliphatic heterocycles. The zero-order valence-electron chi connectivity index (χ0n) is 12.1. The number of anilines is 1. The Bertz CT molecular complexity index is 1050. The van der Waals surface area contributed by atoms with Gasteiger partial charge < -0.3 is 5.73 Å². The molecule has 0 aliphatic carbocycles. The highest BCUT2D eigenvalue weighted by Gasteiger charge is 2.39. The van der Waals surface area contributed by atoms with Crippen molar-refractivity contribution in [2.24, 2.45) is 5.14 Å². The van der Waals surface area contributed by atoms with Gasteiger partial charge in [0.25, 0.3) is 0 Å². The molecule has 0 atom stereocenters. The van der Waals surface area contributed by atoms with Crippen LogP contribution in [0.1, 0.15) is 5.56 Å². The lowest BCUT2D eigenvalue weighted by Crippen LogP contribution is -2.19. The molecule has 0 heterocycles. The highest BCUT2D eigenvalue weighted by atomic mass is 35.5. The average Bonchev–Trinajstić information content (AvgIpc) is 2.47. The minimum atomic E-state index is -5.07. The topological polar surface area (TPSA) is 120 Å². The fraction of sp³-hybridized carbons (Fsp3) is 0.0769. The van der Waals surface area contributed by atoms with Crippen LogP contribution in [0.4, 0.5) is 18.9 Å². The zero-order chi connectivity index (χ0) is 19.2. The molecule has 6 nitrogen and oxygen atoms in total. The molecule has 0 saturated heterocycles. The lowest BCUT2D eigenvalue weighted by atomic mass is 10.2. The second-order valence-electron chi connectivity index (χ2n) is 4.86. The highest BCUT2D eigenvalue weighted by molar-refractivity contribution is 7.93. The first-order valence-corrected chi connectivity index (χ1v) is 9.70. The molecule has 12 heteroatoms. The smallest absolute Gasteiger partial charge is 0.398 e. The molecule has 0 amide bonds. The molecular formula is C13H10ClF3N2O4S2. The summed E-state index contributed by atoms with van der Waals surface area (Å²) in [7, 11) is -9.43. The number of rotatable bonds is 3. The van der Waals surface area contributed by atoms with Crippen molar-refractivity contribution in [3.8, 4) is 0 Å². The van der Waals surface area contributed by atoms with Gasteiger partial charge in [-0.3, -0.25) is 0 Å². The van der Waals surface area contributed by atoms with E-state index in [0.717, 1.165) is 18.2 Å². The van der Waals surface area contributed by atoms with Gasteiger partial charge in [0.1, 0.15) is 4.90 Å². The first-order valence-electron chi connectivity index (χ1n) is 6.29. The molecule has 0 radical (unpaired) electrons. The molecule has 0 bridgehead atoms. The zero-order valence-corrected chi connectivity index (χ0v) is 14.5. The minimum Gasteiger partial charge on any atom is -0.398 e. The number of hydrogen-bond acceptors (Lipinski definition) is 5. The Morgan fingerprint density at radius 2 is 1.44 bits per heavy atom. The van der Waals surface area contributed by atoms with Crippen molar-refractivity contribution in [1.29, 1.82) is 0 Å². The van der Waals surface area contributed by atoms with Crippen LogP contribution in [0.15, 0.2) is 51.1 Å². The molecule has 0 saturated carbocycles. The van der Waals surface area contributed by atoms with E-state index in [4.69, 9.17) is 22.5 Å². The van der Waals surface area contributed by atoms with Crippen LogP contribution in [0.2, 0.25) is 5.02 Å². The third-order valence-corrected chi connectivity index (χ3v) is 6.42. The number of sulfone groups is 1. The van der Waals surface area contributed by atoms with Crippen LogP contribution in [-0.2, 0) is 26.0 Å². The first-order chi connectivity index (χ1) is 11.3. The summed E-state index contributed by atoms with van der Waals surface area (Å²) in [6.07, 6.45) is -5.07. The summed E-state index contributed by atoms with van der Waals surface area (Å²) in [5.74, 6) is 0. The van der Waals surface area contributed by atoms with Gasteiger partial charge in [-0.15, -0.1) is 0 Å². The average molecular weight is 415 g/mol. The van der Waals surface area contributed by atoms with Gasteiger partial charge in [0.2, 0.25) is 19.9 Å². The SMILES string of the molecule is Nc1cc(C(F)(F)F)c(S(=O)(=O)c2ccccc2S(N)(=O)=O)cc1Cl. The molecule has 2 aromatic rings. The molecule has 0 aliphatic rings. The first kappa shape index (κ1) is 19.5. The van der Waals surface area contributed by atoms with E-state index in [9.17, 15) is 30.0 Å². The van der Waals surface area contributed by atoms with Gasteiger partial charge in [0.05, 0.1) is 26.1 Å². The lowest BCUT2D eigenvalue weighted by molar-refractivity contribution is -0.139. The molecule has 4 N–H and O–H groups in total. The third-order valence-electron chi connectivity index (χ3n) is 3.14. The van der Waals surface area contributed by atoms with E-state index in [1.807, 2.05) is 0 Å². The Hall–Kier alpha value is -1.82. The molecule has 25 heavy (non-hydrogen) atoms. The van der Waals surface area contributed by atoms with Crippen LogP contribution in [0.5, 0.6) is 0 Å². The maximum absolute atomic E-state index is 13.2. The van der Waals surface area contributed by atoms with Crippen molar-refractivity contribution >= 4 is 37.1 Å². The Morgan fingerprint density at radius 1 is 0.920 bits per heavy atom. The van der Waals surface area contributed by atoms with Crippen LogP contribution >= 0.6 is 11.6 Å². The van der Waals surface area contributed by atoms with Gasteiger partial charge in [-0.1, -0.05) is 23.7 Å². The quantitative estimate of drug-likeness (QED) is 0.747. The number of hydrogen-bond donors (Lipinski definition) is 2. The Labute approximate surface area is 146 Å². The van der Waals surface area contributed by atoms with Crippen molar-refractivity contribution in [3.05, 3.63) is 47.0 Å². The van der Waals surface area contributed by atoms with Gasteiger partial charge in [0.15, 0.2) is 0 Å². The van der Waals surface area contributed by atoms with Crippen LogP contribution < -0.4 is 10.9 Å². The molecule has 0 spiro atoms. The van der Waals surface area contributed by atoms with E-state index in [2.05, 4.69) is 0 Å². The number of primary sulfonamides is 1. The monoisotopic (exact) mass is 414 g/mol. The predicted octanol–water partition coefficient (Wildman–Crippen LogP) is 2.42. The molecule has 2 aromatic carbocycles. The second kappa shape index (κ2) is 6.16. The fourth-order valence-electron chi connectivity index (χ4n) is 2.04. The van der Waals surface area contributed by atoms with Crippen molar-refractivity contribution in [2.45, 2.75) is 20.9 Å². The van der Waals surface area contributed by atoms with Gasteiger partial charge in [0, 0.05) is 0 Å². The largest absolute Gasteiger partial charge is 0.417 e. The van der Waals surface area contributed by atoms with Crippen molar-refractivity contribution < 1.29 is 30.0 Å². The van der Waals surface area contributed by atoms with Crippen LogP contribution in [0, 0.1) is 0 Å². The van der Waals surface area contributed by atoms with E-state index in [-0.39, 0.29) is 0 Å². The lowest BCUT2D eigenvalue weighted by Gasteiger charge is -2.16. The molecule has 2 rings (SSSR count). The van der Waals surface area contributed by atoms with Crippen LogP contribution in [0.3, 0.4) is 0 Å². The fourth-order valence-corrected chi connectivity index (χ4v) is 5.13. The second-order valence-corrected chi connectivity index (χ2v) is 8.69. The predicted molar refractivity (Wildman–Crippen MR) is 84.1 cm³/mol. The van der Waals surface area contributed by atoms with Gasteiger partial charge >= 0.3 is 6.18 Å². The van der Waals surface area contributed by atoms with E-state index in [1.165, 1.54) is 6.07 Å². The molecule has 0 aromatic heterocycles. The Morgan fingerprint density at radius 3 is 1.92 bits per heavy atom. The van der Waals surface area contributed by atoms with E-state index in [0.29, 0.717) is 12.1 Å². The van der Waals surface area contributed by atoms with Crippen molar-refractivity contribution in [1.82, 2.24) is 0 Å². The Kier molecular flexibility index (Phi) is 4.81. The third kappa shape index (κ3) is 3.73. The summed E-state index contributed by atoms with van der Waals surface area (Å²) < 4.78 is 88.3. The normalized spacial score (nSPS) is 13.0. The van der Waals surface area contributed by atoms with Crippen LogP contribution in [-0.4, -0.2) is 16.8 Å². The molecule has 0 unspecified atom stereocenters. The molecule has 0 fully saturated rings. The van der Waals surface area contributed by atoms with E-state index >= 15 is 0 Å². The Balaban J connectivity index is 2.91. The van der Waals surface area contributed by atoms with Crippen LogP contribution in [0.25, 0.3) is 0 Å². The maximum atomic E-state index is 13.2. The summed E-state index contributed by atoms with van der Waals surface area (Å²) in [4.78, 5) is -2.96. The van der Waals surface area contributed by atoms with Gasteiger partial charge in [-0.2, -0.15) is 13.2 Å². The number of halogens is 4. The molecular weight excluding hydrogens is 405 g/mol. The summed E-state index contributed by atoms with van der Waals surface area (Å²) >= 11 is 5.66.